The van der Waals surface area contributed by atoms with Crippen LogP contribution in [0, 0.1) is 5.92 Å². The third-order valence-electron chi connectivity index (χ3n) is 6.26. The average Bonchev–Trinajstić information content (AvgIpc) is 2.82. The lowest BCUT2D eigenvalue weighted by molar-refractivity contribution is -0.901. The normalized spacial score (nSPS) is 27.1. The van der Waals surface area contributed by atoms with Gasteiger partial charge in [-0.15, -0.1) is 0 Å². The van der Waals surface area contributed by atoms with E-state index in [1.165, 1.54) is 16.0 Å². The molecule has 1 saturated carbocycles. The Morgan fingerprint density at radius 2 is 1.85 bits per heavy atom. The molecule has 1 aliphatic heterocycles. The molecule has 2 N–H and O–H groups in total. The number of quaternary nitrogens is 1. The molecule has 0 bridgehead atoms. The van der Waals surface area contributed by atoms with Crippen LogP contribution >= 0.6 is 0 Å². The fraction of sp³-hybridized carbons (Fsp3) is 0.636. The van der Waals surface area contributed by atoms with Crippen LogP contribution in [0.25, 0.3) is 0 Å². The van der Waals surface area contributed by atoms with Crippen molar-refractivity contribution in [1.29, 1.82) is 0 Å². The van der Waals surface area contributed by atoms with Gasteiger partial charge in [0.2, 0.25) is 0 Å². The maximum absolute atomic E-state index is 13.1. The predicted molar refractivity (Wildman–Crippen MR) is 106 cm³/mol. The van der Waals surface area contributed by atoms with Gasteiger partial charge in [-0.25, -0.2) is 9.69 Å². The molecule has 1 aromatic carbocycles. The van der Waals surface area contributed by atoms with E-state index in [1.54, 1.807) is 0 Å². The van der Waals surface area contributed by atoms with Crippen LogP contribution < -0.4 is 10.2 Å². The lowest BCUT2D eigenvalue weighted by atomic mass is 9.73. The number of benzene rings is 1. The molecule has 2 fully saturated rings. The van der Waals surface area contributed by atoms with Gasteiger partial charge in [0.1, 0.15) is 12.1 Å². The van der Waals surface area contributed by atoms with E-state index in [-0.39, 0.29) is 23.3 Å². The summed E-state index contributed by atoms with van der Waals surface area (Å²) in [4.78, 5) is 28.2. The van der Waals surface area contributed by atoms with Crippen molar-refractivity contribution in [3.05, 3.63) is 35.4 Å². The summed E-state index contributed by atoms with van der Waals surface area (Å²) in [6, 6.07) is 8.43. The van der Waals surface area contributed by atoms with E-state index in [2.05, 4.69) is 57.3 Å². The van der Waals surface area contributed by atoms with E-state index in [0.29, 0.717) is 6.67 Å². The fourth-order valence-corrected chi connectivity index (χ4v) is 4.44. The zero-order valence-corrected chi connectivity index (χ0v) is 17.4. The van der Waals surface area contributed by atoms with Crippen molar-refractivity contribution in [2.75, 3.05) is 13.7 Å². The minimum absolute atomic E-state index is 0.0258. The molecule has 0 aromatic heterocycles. The molecule has 1 aromatic rings. The summed E-state index contributed by atoms with van der Waals surface area (Å²) >= 11 is 0. The van der Waals surface area contributed by atoms with Crippen molar-refractivity contribution in [3.8, 4) is 0 Å². The van der Waals surface area contributed by atoms with E-state index >= 15 is 0 Å². The van der Waals surface area contributed by atoms with Crippen LogP contribution in [0.3, 0.4) is 0 Å². The number of imide groups is 1. The van der Waals surface area contributed by atoms with Crippen molar-refractivity contribution in [3.63, 3.8) is 0 Å². The number of nitrogens with one attached hydrogen (secondary N) is 2. The lowest BCUT2D eigenvalue weighted by Crippen LogP contribution is -3.09. The Bertz CT molecular complexity index is 707. The summed E-state index contributed by atoms with van der Waals surface area (Å²) in [6.07, 6.45) is 3.92. The summed E-state index contributed by atoms with van der Waals surface area (Å²) in [5.74, 6) is 0.181. The second-order valence-corrected chi connectivity index (χ2v) is 9.52. The van der Waals surface area contributed by atoms with Crippen LogP contribution in [-0.4, -0.2) is 36.1 Å². The monoisotopic (exact) mass is 372 g/mol. The third-order valence-corrected chi connectivity index (χ3v) is 6.26. The topological polar surface area (TPSA) is 53.9 Å². The molecule has 3 amide bonds. The quantitative estimate of drug-likeness (QED) is 0.798. The molecule has 3 atom stereocenters. The van der Waals surface area contributed by atoms with Gasteiger partial charge in [-0.2, -0.15) is 0 Å². The standard InChI is InChI=1S/C22H33N3O2/c1-16-8-6-7-13-22(16)19(26)25(20(27)23-22)15-24(5)14-17-9-11-18(12-10-17)21(2,3)4/h9-12,16H,6-8,13-15H2,1-5H3,(H,23,27)/p+1/t16-,22+/m0/s1. The van der Waals surface area contributed by atoms with Gasteiger partial charge in [0.25, 0.3) is 5.91 Å². The summed E-state index contributed by atoms with van der Waals surface area (Å²) in [7, 11) is 2.04. The first-order valence-corrected chi connectivity index (χ1v) is 10.2. The van der Waals surface area contributed by atoms with Gasteiger partial charge >= 0.3 is 6.03 Å². The molecule has 5 nitrogen and oxygen atoms in total. The first-order chi connectivity index (χ1) is 12.6. The third kappa shape index (κ3) is 3.88. The number of nitrogens with zero attached hydrogens (tertiary/aromatic N) is 1. The number of carbonyl (C=O) groups is 2. The first-order valence-electron chi connectivity index (χ1n) is 10.2. The van der Waals surface area contributed by atoms with Crippen LogP contribution in [0.4, 0.5) is 4.79 Å². The second-order valence-electron chi connectivity index (χ2n) is 9.52. The van der Waals surface area contributed by atoms with E-state index in [4.69, 9.17) is 0 Å². The molecular formula is C22H34N3O2+. The SMILES string of the molecule is C[C@H]1CCCC[C@@]12NC(=O)N(C[NH+](C)Cc1ccc(C(C)(C)C)cc1)C2=O. The number of rotatable bonds is 4. The Morgan fingerprint density at radius 1 is 1.19 bits per heavy atom. The number of carbonyl (C=O) groups excluding carboxylic acids is 2. The molecule has 0 radical (unpaired) electrons. The lowest BCUT2D eigenvalue weighted by Gasteiger charge is -2.36. The average molecular weight is 373 g/mol. The zero-order chi connectivity index (χ0) is 19.8. The molecule has 1 saturated heterocycles. The van der Waals surface area contributed by atoms with Crippen molar-refractivity contribution >= 4 is 11.9 Å². The molecule has 1 unspecified atom stereocenters. The molecule has 5 heteroatoms. The Morgan fingerprint density at radius 3 is 2.44 bits per heavy atom. The maximum Gasteiger partial charge on any atom is 0.329 e. The number of hydrogen-bond donors (Lipinski definition) is 2. The Kier molecular flexibility index (Phi) is 5.35. The zero-order valence-electron chi connectivity index (χ0n) is 17.4. The molecular weight excluding hydrogens is 338 g/mol. The molecule has 2 aliphatic rings. The van der Waals surface area contributed by atoms with Crippen molar-refractivity contribution in [2.45, 2.75) is 70.9 Å². The highest BCUT2D eigenvalue weighted by atomic mass is 16.2. The van der Waals surface area contributed by atoms with Gasteiger partial charge in [0.05, 0.1) is 7.05 Å². The predicted octanol–water partition coefficient (Wildman–Crippen LogP) is 2.46. The minimum atomic E-state index is -0.663. The van der Waals surface area contributed by atoms with E-state index in [1.807, 2.05) is 7.05 Å². The fourth-order valence-electron chi connectivity index (χ4n) is 4.44. The van der Waals surface area contributed by atoms with E-state index in [9.17, 15) is 9.59 Å². The van der Waals surface area contributed by atoms with Crippen molar-refractivity contribution in [1.82, 2.24) is 10.2 Å². The minimum Gasteiger partial charge on any atom is -0.323 e. The number of hydrogen-bond acceptors (Lipinski definition) is 2. The molecule has 1 spiro atoms. The highest BCUT2D eigenvalue weighted by molar-refractivity contribution is 6.07. The van der Waals surface area contributed by atoms with Crippen LogP contribution in [0.1, 0.15) is 64.5 Å². The first kappa shape index (κ1) is 19.9. The summed E-state index contributed by atoms with van der Waals surface area (Å²) in [6.45, 7) is 9.90. The molecule has 27 heavy (non-hydrogen) atoms. The van der Waals surface area contributed by atoms with Gasteiger partial charge < -0.3 is 10.2 Å². The number of amides is 3. The highest BCUT2D eigenvalue weighted by Gasteiger charge is 2.55. The van der Waals surface area contributed by atoms with Crippen LogP contribution in [0.15, 0.2) is 24.3 Å². The van der Waals surface area contributed by atoms with Crippen LogP contribution in [-0.2, 0) is 16.8 Å². The largest absolute Gasteiger partial charge is 0.329 e. The van der Waals surface area contributed by atoms with Crippen LogP contribution in [0.5, 0.6) is 0 Å². The summed E-state index contributed by atoms with van der Waals surface area (Å²) < 4.78 is 0. The van der Waals surface area contributed by atoms with E-state index < -0.39 is 5.54 Å². The Hall–Kier alpha value is -1.88. The van der Waals surface area contributed by atoms with Gasteiger partial charge in [0.15, 0.2) is 6.67 Å². The van der Waals surface area contributed by atoms with Gasteiger partial charge in [-0.3, -0.25) is 4.79 Å². The molecule has 148 valence electrons. The van der Waals surface area contributed by atoms with Crippen molar-refractivity contribution in [2.24, 2.45) is 5.92 Å². The maximum atomic E-state index is 13.1. The van der Waals surface area contributed by atoms with E-state index in [0.717, 1.165) is 37.1 Å². The Labute approximate surface area is 163 Å². The summed E-state index contributed by atoms with van der Waals surface area (Å²) in [5.41, 5.74) is 2.01. The highest BCUT2D eigenvalue weighted by Crippen LogP contribution is 2.37. The Balaban J connectivity index is 1.64. The number of urea groups is 1. The second kappa shape index (κ2) is 7.27. The van der Waals surface area contributed by atoms with Gasteiger partial charge in [-0.05, 0) is 29.7 Å². The summed E-state index contributed by atoms with van der Waals surface area (Å²) in [5, 5.41) is 3.04. The molecule has 1 heterocycles. The smallest absolute Gasteiger partial charge is 0.323 e. The molecule has 3 rings (SSSR count). The van der Waals surface area contributed by atoms with Gasteiger partial charge in [-0.1, -0.05) is 64.8 Å². The van der Waals surface area contributed by atoms with Crippen molar-refractivity contribution < 1.29 is 14.5 Å². The van der Waals surface area contributed by atoms with Gasteiger partial charge in [0, 0.05) is 5.56 Å². The molecule has 1 aliphatic carbocycles. The van der Waals surface area contributed by atoms with Crippen LogP contribution in [0.2, 0.25) is 0 Å².